The van der Waals surface area contributed by atoms with E-state index in [0.29, 0.717) is 11.7 Å². The maximum absolute atomic E-state index is 12.4. The molecular formula is C17H29N3O. The van der Waals surface area contributed by atoms with Crippen LogP contribution in [0.1, 0.15) is 47.0 Å². The molecule has 0 aromatic heterocycles. The Hall–Kier alpha value is -1.55. The van der Waals surface area contributed by atoms with Crippen molar-refractivity contribution < 1.29 is 4.79 Å². The van der Waals surface area contributed by atoms with Crippen molar-refractivity contribution in [3.63, 3.8) is 0 Å². The summed E-state index contributed by atoms with van der Waals surface area (Å²) in [5.74, 6) is 0.0324. The summed E-state index contributed by atoms with van der Waals surface area (Å²) in [4.78, 5) is 14.6. The van der Waals surface area contributed by atoms with Crippen LogP contribution in [0.15, 0.2) is 24.3 Å². The number of nitrogens with one attached hydrogen (secondary N) is 1. The fourth-order valence-corrected chi connectivity index (χ4v) is 2.41. The number of anilines is 2. The Balaban J connectivity index is 2.62. The van der Waals surface area contributed by atoms with Gasteiger partial charge in [-0.2, -0.15) is 0 Å². The third-order valence-corrected chi connectivity index (χ3v) is 3.74. The lowest BCUT2D eigenvalue weighted by Gasteiger charge is -2.31. The molecule has 0 saturated carbocycles. The van der Waals surface area contributed by atoms with Gasteiger partial charge in [0, 0.05) is 17.4 Å². The van der Waals surface area contributed by atoms with Gasteiger partial charge in [0.1, 0.15) is 0 Å². The summed E-state index contributed by atoms with van der Waals surface area (Å²) in [7, 11) is 0. The monoisotopic (exact) mass is 291 g/mol. The maximum Gasteiger partial charge on any atom is 0.241 e. The van der Waals surface area contributed by atoms with Gasteiger partial charge < -0.3 is 11.1 Å². The van der Waals surface area contributed by atoms with Gasteiger partial charge in [0.15, 0.2) is 0 Å². The Morgan fingerprint density at radius 1 is 1.19 bits per heavy atom. The minimum absolute atomic E-state index is 0.0324. The van der Waals surface area contributed by atoms with E-state index in [0.717, 1.165) is 18.7 Å². The molecule has 0 saturated heterocycles. The van der Waals surface area contributed by atoms with E-state index in [2.05, 4.69) is 31.0 Å². The van der Waals surface area contributed by atoms with Crippen LogP contribution in [0, 0.1) is 0 Å². The molecule has 1 atom stereocenters. The first-order valence-electron chi connectivity index (χ1n) is 7.87. The van der Waals surface area contributed by atoms with Gasteiger partial charge >= 0.3 is 0 Å². The van der Waals surface area contributed by atoms with Crippen molar-refractivity contribution in [3.8, 4) is 0 Å². The largest absolute Gasteiger partial charge is 0.399 e. The molecule has 1 aromatic carbocycles. The molecule has 118 valence electrons. The van der Waals surface area contributed by atoms with Gasteiger partial charge in [-0.05, 0) is 58.0 Å². The summed E-state index contributed by atoms with van der Waals surface area (Å²) >= 11 is 0. The van der Waals surface area contributed by atoms with Gasteiger partial charge in [0.05, 0.1) is 6.04 Å². The number of nitrogens with zero attached hydrogens (tertiary/aromatic N) is 1. The molecule has 0 spiro atoms. The van der Waals surface area contributed by atoms with Crippen molar-refractivity contribution in [2.24, 2.45) is 0 Å². The Kier molecular flexibility index (Phi) is 7.23. The number of hydrogen-bond acceptors (Lipinski definition) is 3. The van der Waals surface area contributed by atoms with Crippen LogP contribution in [0.4, 0.5) is 11.4 Å². The van der Waals surface area contributed by atoms with Crippen LogP contribution in [0.5, 0.6) is 0 Å². The predicted octanol–water partition coefficient (Wildman–Crippen LogP) is 3.50. The van der Waals surface area contributed by atoms with Crippen LogP contribution < -0.4 is 11.1 Å². The van der Waals surface area contributed by atoms with E-state index in [-0.39, 0.29) is 11.9 Å². The number of amides is 1. The van der Waals surface area contributed by atoms with Crippen LogP contribution in [-0.4, -0.2) is 29.4 Å². The summed E-state index contributed by atoms with van der Waals surface area (Å²) in [5.41, 5.74) is 7.14. The summed E-state index contributed by atoms with van der Waals surface area (Å²) in [6, 6.07) is 7.46. The second-order valence-corrected chi connectivity index (χ2v) is 5.83. The highest BCUT2D eigenvalue weighted by molar-refractivity contribution is 5.94. The Labute approximate surface area is 128 Å². The molecule has 0 fully saturated rings. The van der Waals surface area contributed by atoms with Crippen molar-refractivity contribution in [1.82, 2.24) is 4.90 Å². The Bertz CT molecular complexity index is 428. The second-order valence-electron chi connectivity index (χ2n) is 5.83. The van der Waals surface area contributed by atoms with Gasteiger partial charge in [0.25, 0.3) is 0 Å². The van der Waals surface area contributed by atoms with E-state index in [1.165, 1.54) is 12.8 Å². The molecule has 0 heterocycles. The zero-order chi connectivity index (χ0) is 15.8. The molecule has 1 rings (SSSR count). The van der Waals surface area contributed by atoms with Crippen LogP contribution in [-0.2, 0) is 4.79 Å². The van der Waals surface area contributed by atoms with Gasteiger partial charge in [-0.1, -0.05) is 19.8 Å². The van der Waals surface area contributed by atoms with Crippen molar-refractivity contribution >= 4 is 17.3 Å². The average Bonchev–Trinajstić information content (AvgIpc) is 2.45. The molecule has 4 heteroatoms. The minimum Gasteiger partial charge on any atom is -0.399 e. The lowest BCUT2D eigenvalue weighted by atomic mass is 10.1. The van der Waals surface area contributed by atoms with E-state index in [1.807, 2.05) is 19.1 Å². The second kappa shape index (κ2) is 8.67. The Morgan fingerprint density at radius 2 is 1.81 bits per heavy atom. The standard InChI is InChI=1S/C17H29N3O/c1-5-6-7-12-20(13(2)3)14(4)17(21)19-16-10-8-15(18)9-11-16/h8-11,13-14H,5-7,12,18H2,1-4H3,(H,19,21). The van der Waals surface area contributed by atoms with Gasteiger partial charge in [-0.25, -0.2) is 0 Å². The number of unbranched alkanes of at least 4 members (excludes halogenated alkanes) is 2. The number of carbonyl (C=O) groups is 1. The molecule has 1 amide bonds. The van der Waals surface area contributed by atoms with Crippen molar-refractivity contribution in [2.45, 2.75) is 59.0 Å². The van der Waals surface area contributed by atoms with E-state index in [4.69, 9.17) is 5.73 Å². The normalized spacial score (nSPS) is 12.7. The number of rotatable bonds is 8. The summed E-state index contributed by atoms with van der Waals surface area (Å²) in [5, 5.41) is 2.96. The summed E-state index contributed by atoms with van der Waals surface area (Å²) in [6.45, 7) is 9.40. The third-order valence-electron chi connectivity index (χ3n) is 3.74. The highest BCUT2D eigenvalue weighted by Gasteiger charge is 2.23. The van der Waals surface area contributed by atoms with Crippen LogP contribution in [0.3, 0.4) is 0 Å². The number of benzene rings is 1. The zero-order valence-corrected chi connectivity index (χ0v) is 13.7. The fourth-order valence-electron chi connectivity index (χ4n) is 2.41. The molecule has 3 N–H and O–H groups in total. The molecule has 1 aromatic rings. The zero-order valence-electron chi connectivity index (χ0n) is 13.7. The lowest BCUT2D eigenvalue weighted by molar-refractivity contribution is -0.121. The van der Waals surface area contributed by atoms with Crippen LogP contribution >= 0.6 is 0 Å². The Morgan fingerprint density at radius 3 is 2.33 bits per heavy atom. The van der Waals surface area contributed by atoms with E-state index >= 15 is 0 Å². The minimum atomic E-state index is -0.139. The fraction of sp³-hybridized carbons (Fsp3) is 0.588. The van der Waals surface area contributed by atoms with E-state index in [1.54, 1.807) is 12.1 Å². The molecule has 0 aliphatic heterocycles. The molecule has 0 bridgehead atoms. The summed E-state index contributed by atoms with van der Waals surface area (Å²) < 4.78 is 0. The molecule has 4 nitrogen and oxygen atoms in total. The van der Waals surface area contributed by atoms with Crippen LogP contribution in [0.2, 0.25) is 0 Å². The smallest absolute Gasteiger partial charge is 0.241 e. The lowest BCUT2D eigenvalue weighted by Crippen LogP contribution is -2.46. The molecule has 1 unspecified atom stereocenters. The predicted molar refractivity (Wildman–Crippen MR) is 90.3 cm³/mol. The SMILES string of the molecule is CCCCCN(C(C)C)C(C)C(=O)Nc1ccc(N)cc1. The highest BCUT2D eigenvalue weighted by atomic mass is 16.2. The van der Waals surface area contributed by atoms with Crippen molar-refractivity contribution in [1.29, 1.82) is 0 Å². The third kappa shape index (κ3) is 5.76. The molecule has 0 aliphatic rings. The number of hydrogen-bond donors (Lipinski definition) is 2. The van der Waals surface area contributed by atoms with Gasteiger partial charge in [-0.3, -0.25) is 9.69 Å². The maximum atomic E-state index is 12.4. The molecule has 0 aliphatic carbocycles. The summed E-state index contributed by atoms with van der Waals surface area (Å²) in [6.07, 6.45) is 3.53. The molecule has 0 radical (unpaired) electrons. The number of nitrogens with two attached hydrogens (primary N) is 1. The first-order chi connectivity index (χ1) is 9.95. The van der Waals surface area contributed by atoms with E-state index in [9.17, 15) is 4.79 Å². The van der Waals surface area contributed by atoms with E-state index < -0.39 is 0 Å². The van der Waals surface area contributed by atoms with Gasteiger partial charge in [-0.15, -0.1) is 0 Å². The van der Waals surface area contributed by atoms with Gasteiger partial charge in [0.2, 0.25) is 5.91 Å². The first kappa shape index (κ1) is 17.5. The van der Waals surface area contributed by atoms with Crippen molar-refractivity contribution in [3.05, 3.63) is 24.3 Å². The first-order valence-corrected chi connectivity index (χ1v) is 7.87. The molecular weight excluding hydrogens is 262 g/mol. The number of nitrogen functional groups attached to an aromatic ring is 1. The quantitative estimate of drug-likeness (QED) is 0.569. The van der Waals surface area contributed by atoms with Crippen LogP contribution in [0.25, 0.3) is 0 Å². The molecule has 21 heavy (non-hydrogen) atoms. The van der Waals surface area contributed by atoms with Crippen molar-refractivity contribution in [2.75, 3.05) is 17.6 Å². The number of carbonyl (C=O) groups excluding carboxylic acids is 1. The topological polar surface area (TPSA) is 58.4 Å². The average molecular weight is 291 g/mol. The highest BCUT2D eigenvalue weighted by Crippen LogP contribution is 2.14.